The van der Waals surface area contributed by atoms with Crippen molar-refractivity contribution in [3.63, 3.8) is 0 Å². The second-order valence-electron chi connectivity index (χ2n) is 5.04. The molecule has 0 saturated carbocycles. The van der Waals surface area contributed by atoms with E-state index in [0.29, 0.717) is 40.8 Å². The Hall–Kier alpha value is -1.56. The van der Waals surface area contributed by atoms with Crippen molar-refractivity contribution < 1.29 is 4.74 Å². The molecule has 0 radical (unpaired) electrons. The zero-order valence-electron chi connectivity index (χ0n) is 13.0. The SMILES string of the molecule is CCOCn1c(Cc2cc(Cl)cc(Cl)c2)c(CC)c(=O)[nH]c1=O. The lowest BCUT2D eigenvalue weighted by Gasteiger charge is -2.16. The second-order valence-corrected chi connectivity index (χ2v) is 5.92. The molecule has 5 nitrogen and oxygen atoms in total. The maximum atomic E-state index is 12.1. The average molecular weight is 357 g/mol. The van der Waals surface area contributed by atoms with Crippen molar-refractivity contribution in [2.45, 2.75) is 33.4 Å². The molecule has 124 valence electrons. The van der Waals surface area contributed by atoms with Crippen LogP contribution in [0.25, 0.3) is 0 Å². The monoisotopic (exact) mass is 356 g/mol. The van der Waals surface area contributed by atoms with Crippen molar-refractivity contribution >= 4 is 23.2 Å². The predicted octanol–water partition coefficient (Wildman–Crippen LogP) is 2.99. The highest BCUT2D eigenvalue weighted by Gasteiger charge is 2.14. The average Bonchev–Trinajstić information content (AvgIpc) is 2.46. The van der Waals surface area contributed by atoms with Crippen LogP contribution in [0.4, 0.5) is 0 Å². The molecule has 0 saturated heterocycles. The number of halogens is 2. The van der Waals surface area contributed by atoms with Gasteiger partial charge in [-0.2, -0.15) is 0 Å². The first-order chi connectivity index (χ1) is 11.0. The summed E-state index contributed by atoms with van der Waals surface area (Å²) in [6, 6.07) is 5.17. The molecule has 2 rings (SSSR count). The van der Waals surface area contributed by atoms with E-state index >= 15 is 0 Å². The van der Waals surface area contributed by atoms with E-state index in [4.69, 9.17) is 27.9 Å². The normalized spacial score (nSPS) is 11.0. The molecule has 2 aromatic rings. The van der Waals surface area contributed by atoms with E-state index in [2.05, 4.69) is 4.98 Å². The van der Waals surface area contributed by atoms with Crippen LogP contribution in [0.15, 0.2) is 27.8 Å². The number of aromatic nitrogens is 2. The van der Waals surface area contributed by atoms with Gasteiger partial charge in [0.05, 0.1) is 0 Å². The molecule has 0 fully saturated rings. The molecular formula is C16H18Cl2N2O3. The smallest absolute Gasteiger partial charge is 0.330 e. The first kappa shape index (κ1) is 17.8. The van der Waals surface area contributed by atoms with Crippen LogP contribution >= 0.6 is 23.2 Å². The second kappa shape index (κ2) is 7.81. The molecule has 23 heavy (non-hydrogen) atoms. The minimum absolute atomic E-state index is 0.0861. The van der Waals surface area contributed by atoms with E-state index in [9.17, 15) is 9.59 Å². The quantitative estimate of drug-likeness (QED) is 0.865. The fourth-order valence-electron chi connectivity index (χ4n) is 2.45. The Morgan fingerprint density at radius 3 is 2.35 bits per heavy atom. The third-order valence-corrected chi connectivity index (χ3v) is 3.92. The molecular weight excluding hydrogens is 339 g/mol. The molecule has 0 atom stereocenters. The molecule has 0 unspecified atom stereocenters. The van der Waals surface area contributed by atoms with E-state index < -0.39 is 5.69 Å². The summed E-state index contributed by atoms with van der Waals surface area (Å²) >= 11 is 12.1. The summed E-state index contributed by atoms with van der Waals surface area (Å²) < 4.78 is 6.80. The Labute approximate surface area is 143 Å². The first-order valence-corrected chi connectivity index (χ1v) is 8.09. The molecule has 0 aliphatic rings. The van der Waals surface area contributed by atoms with Crippen LogP contribution in [-0.2, 0) is 24.3 Å². The van der Waals surface area contributed by atoms with Gasteiger partial charge in [0.15, 0.2) is 0 Å². The van der Waals surface area contributed by atoms with Crippen LogP contribution in [0.3, 0.4) is 0 Å². The number of hydrogen-bond donors (Lipinski definition) is 1. The number of nitrogens with one attached hydrogen (secondary N) is 1. The maximum absolute atomic E-state index is 12.1. The van der Waals surface area contributed by atoms with E-state index in [1.54, 1.807) is 18.2 Å². The Morgan fingerprint density at radius 2 is 1.78 bits per heavy atom. The lowest BCUT2D eigenvalue weighted by Crippen LogP contribution is -2.36. The Kier molecular flexibility index (Phi) is 6.04. The highest BCUT2D eigenvalue weighted by molar-refractivity contribution is 6.34. The number of rotatable bonds is 6. The minimum atomic E-state index is -0.483. The van der Waals surface area contributed by atoms with Crippen molar-refractivity contribution in [1.82, 2.24) is 9.55 Å². The summed E-state index contributed by atoms with van der Waals surface area (Å²) in [5, 5.41) is 1.02. The third-order valence-electron chi connectivity index (χ3n) is 3.49. The van der Waals surface area contributed by atoms with Crippen molar-refractivity contribution in [1.29, 1.82) is 0 Å². The van der Waals surface area contributed by atoms with Gasteiger partial charge in [0.2, 0.25) is 0 Å². The molecule has 1 aromatic heterocycles. The van der Waals surface area contributed by atoms with Crippen LogP contribution in [0.2, 0.25) is 10.0 Å². The van der Waals surface area contributed by atoms with Gasteiger partial charge in [0, 0.05) is 34.3 Å². The summed E-state index contributed by atoms with van der Waals surface area (Å²) in [6.07, 6.45) is 0.876. The zero-order chi connectivity index (χ0) is 17.0. The van der Waals surface area contributed by atoms with Crippen LogP contribution < -0.4 is 11.2 Å². The minimum Gasteiger partial charge on any atom is -0.361 e. The summed E-state index contributed by atoms with van der Waals surface area (Å²) in [7, 11) is 0. The van der Waals surface area contributed by atoms with Gasteiger partial charge in [-0.05, 0) is 37.1 Å². The van der Waals surface area contributed by atoms with Crippen LogP contribution in [0, 0.1) is 0 Å². The Morgan fingerprint density at radius 1 is 1.13 bits per heavy atom. The lowest BCUT2D eigenvalue weighted by atomic mass is 10.0. The predicted molar refractivity (Wildman–Crippen MR) is 91.6 cm³/mol. The topological polar surface area (TPSA) is 64.1 Å². The van der Waals surface area contributed by atoms with Gasteiger partial charge in [-0.1, -0.05) is 30.1 Å². The maximum Gasteiger partial charge on any atom is 0.330 e. The number of hydrogen-bond acceptors (Lipinski definition) is 3. The van der Waals surface area contributed by atoms with E-state index in [0.717, 1.165) is 5.56 Å². The first-order valence-electron chi connectivity index (χ1n) is 7.33. The highest BCUT2D eigenvalue weighted by atomic mass is 35.5. The van der Waals surface area contributed by atoms with Gasteiger partial charge >= 0.3 is 5.69 Å². The van der Waals surface area contributed by atoms with Gasteiger partial charge < -0.3 is 4.74 Å². The van der Waals surface area contributed by atoms with Gasteiger partial charge in [0.25, 0.3) is 5.56 Å². The fraction of sp³-hybridized carbons (Fsp3) is 0.375. The number of benzene rings is 1. The summed E-state index contributed by atoms with van der Waals surface area (Å²) in [6.45, 7) is 4.26. The van der Waals surface area contributed by atoms with Crippen LogP contribution in [-0.4, -0.2) is 16.2 Å². The van der Waals surface area contributed by atoms with Crippen LogP contribution in [0.5, 0.6) is 0 Å². The van der Waals surface area contributed by atoms with Gasteiger partial charge in [0.1, 0.15) is 6.73 Å². The van der Waals surface area contributed by atoms with Crippen molar-refractivity contribution in [3.05, 3.63) is 65.9 Å². The summed E-state index contributed by atoms with van der Waals surface area (Å²) in [5.74, 6) is 0. The van der Waals surface area contributed by atoms with E-state index in [1.165, 1.54) is 4.57 Å². The Balaban J connectivity index is 2.57. The van der Waals surface area contributed by atoms with Gasteiger partial charge in [-0.15, -0.1) is 0 Å². The molecule has 0 spiro atoms. The van der Waals surface area contributed by atoms with Crippen molar-refractivity contribution in [2.24, 2.45) is 0 Å². The Bertz CT molecular complexity index is 792. The largest absolute Gasteiger partial charge is 0.361 e. The molecule has 0 aliphatic carbocycles. The molecule has 0 amide bonds. The van der Waals surface area contributed by atoms with Gasteiger partial charge in [-0.3, -0.25) is 14.3 Å². The van der Waals surface area contributed by atoms with E-state index in [-0.39, 0.29) is 12.3 Å². The molecule has 1 aromatic carbocycles. The number of aromatic amines is 1. The summed E-state index contributed by atoms with van der Waals surface area (Å²) in [4.78, 5) is 26.6. The van der Waals surface area contributed by atoms with Crippen molar-refractivity contribution in [2.75, 3.05) is 6.61 Å². The van der Waals surface area contributed by atoms with E-state index in [1.807, 2.05) is 13.8 Å². The zero-order valence-corrected chi connectivity index (χ0v) is 14.5. The molecule has 7 heteroatoms. The standard InChI is InChI=1S/C16H18Cl2N2O3/c1-3-13-14(7-10-5-11(17)8-12(18)6-10)20(9-23-4-2)16(22)19-15(13)21/h5-6,8H,3-4,7,9H2,1-2H3,(H,19,21,22). The van der Waals surface area contributed by atoms with Crippen LogP contribution in [0.1, 0.15) is 30.7 Å². The number of nitrogens with zero attached hydrogens (tertiary/aromatic N) is 1. The number of ether oxygens (including phenoxy) is 1. The van der Waals surface area contributed by atoms with Gasteiger partial charge in [-0.25, -0.2) is 4.79 Å². The molecule has 0 aliphatic heterocycles. The third kappa shape index (κ3) is 4.25. The van der Waals surface area contributed by atoms with Crippen molar-refractivity contribution in [3.8, 4) is 0 Å². The fourth-order valence-corrected chi connectivity index (χ4v) is 3.02. The molecule has 0 bridgehead atoms. The lowest BCUT2D eigenvalue weighted by molar-refractivity contribution is 0.0822. The number of H-pyrrole nitrogens is 1. The summed E-state index contributed by atoms with van der Waals surface area (Å²) in [5.41, 5.74) is 1.15. The molecule has 1 heterocycles. The molecule has 1 N–H and O–H groups in total. The highest BCUT2D eigenvalue weighted by Crippen LogP contribution is 2.21.